The third-order valence-electron chi connectivity index (χ3n) is 5.67. The van der Waals surface area contributed by atoms with Crippen LogP contribution in [0.2, 0.25) is 0 Å². The van der Waals surface area contributed by atoms with Crippen LogP contribution >= 0.6 is 24.0 Å². The van der Waals surface area contributed by atoms with Gasteiger partial charge >= 0.3 is 0 Å². The number of guanidine groups is 1. The number of rotatable bonds is 9. The highest BCUT2D eigenvalue weighted by Crippen LogP contribution is 2.19. The van der Waals surface area contributed by atoms with E-state index in [9.17, 15) is 4.79 Å². The highest BCUT2D eigenvalue weighted by atomic mass is 127. The lowest BCUT2D eigenvalue weighted by Crippen LogP contribution is -2.43. The molecule has 7 nitrogen and oxygen atoms in total. The van der Waals surface area contributed by atoms with E-state index >= 15 is 0 Å². The molecule has 1 amide bonds. The standard InChI is InChI=1S/C23H36N6O.HI/c1-4-24-23(26-14-12-18-17-27-20-10-6-5-9-19(18)20)25-13-8-16-29-15-7-11-21(29)22(30)28(2)3;/h5-6,9-10,17,21,27H,4,7-8,11-16H2,1-3H3,(H2,24,25,26);1H. The molecule has 0 aliphatic carbocycles. The van der Waals surface area contributed by atoms with Crippen molar-refractivity contribution in [1.82, 2.24) is 25.4 Å². The monoisotopic (exact) mass is 540 g/mol. The van der Waals surface area contributed by atoms with Crippen molar-refractivity contribution >= 4 is 46.7 Å². The first kappa shape index (κ1) is 25.5. The van der Waals surface area contributed by atoms with Gasteiger partial charge in [-0.3, -0.25) is 14.7 Å². The molecule has 1 aliphatic rings. The SMILES string of the molecule is CCNC(=NCCCN1CCCC1C(=O)N(C)C)NCCc1c[nH]c2ccccc12.I. The normalized spacial score (nSPS) is 16.9. The van der Waals surface area contributed by atoms with Crippen molar-refractivity contribution in [2.24, 2.45) is 4.99 Å². The molecule has 0 saturated carbocycles. The summed E-state index contributed by atoms with van der Waals surface area (Å²) in [6.07, 6.45) is 6.06. The summed E-state index contributed by atoms with van der Waals surface area (Å²) in [6, 6.07) is 8.45. The number of hydrogen-bond acceptors (Lipinski definition) is 3. The largest absolute Gasteiger partial charge is 0.361 e. The lowest BCUT2D eigenvalue weighted by Gasteiger charge is -2.25. The molecule has 3 N–H and O–H groups in total. The fourth-order valence-corrected chi connectivity index (χ4v) is 4.13. The lowest BCUT2D eigenvalue weighted by molar-refractivity contribution is -0.133. The number of aromatic amines is 1. The lowest BCUT2D eigenvalue weighted by atomic mass is 10.1. The minimum Gasteiger partial charge on any atom is -0.361 e. The van der Waals surface area contributed by atoms with Gasteiger partial charge in [0.1, 0.15) is 0 Å². The van der Waals surface area contributed by atoms with Crippen molar-refractivity contribution in [1.29, 1.82) is 0 Å². The number of likely N-dealkylation sites (tertiary alicyclic amines) is 1. The van der Waals surface area contributed by atoms with Gasteiger partial charge in [-0.2, -0.15) is 0 Å². The van der Waals surface area contributed by atoms with Gasteiger partial charge in [0.05, 0.1) is 6.04 Å². The molecule has 1 atom stereocenters. The van der Waals surface area contributed by atoms with E-state index in [0.29, 0.717) is 0 Å². The molecule has 1 aromatic heterocycles. The number of likely N-dealkylation sites (N-methyl/N-ethyl adjacent to an activating group) is 1. The number of hydrogen-bond donors (Lipinski definition) is 3. The van der Waals surface area contributed by atoms with Crippen molar-refractivity contribution < 1.29 is 4.79 Å². The number of fused-ring (bicyclic) bond motifs is 1. The smallest absolute Gasteiger partial charge is 0.239 e. The maximum absolute atomic E-state index is 12.3. The van der Waals surface area contributed by atoms with Crippen molar-refractivity contribution in [2.45, 2.75) is 38.6 Å². The summed E-state index contributed by atoms with van der Waals surface area (Å²) in [7, 11) is 3.68. The number of carbonyl (C=O) groups is 1. The predicted octanol–water partition coefficient (Wildman–Crippen LogP) is 2.83. The van der Waals surface area contributed by atoms with E-state index < -0.39 is 0 Å². The second kappa shape index (κ2) is 12.9. The van der Waals surface area contributed by atoms with Crippen LogP contribution in [0.4, 0.5) is 0 Å². The van der Waals surface area contributed by atoms with Crippen molar-refractivity contribution in [3.63, 3.8) is 0 Å². The number of para-hydroxylation sites is 1. The zero-order valence-corrected chi connectivity index (χ0v) is 21.3. The Labute approximate surface area is 203 Å². The number of halogens is 1. The van der Waals surface area contributed by atoms with Gasteiger partial charge < -0.3 is 20.5 Å². The number of nitrogens with one attached hydrogen (secondary N) is 3. The van der Waals surface area contributed by atoms with Gasteiger partial charge in [-0.25, -0.2) is 0 Å². The number of benzene rings is 1. The van der Waals surface area contributed by atoms with Gasteiger partial charge in [0.2, 0.25) is 5.91 Å². The molecule has 1 aromatic carbocycles. The molecule has 1 saturated heterocycles. The highest BCUT2D eigenvalue weighted by molar-refractivity contribution is 14.0. The summed E-state index contributed by atoms with van der Waals surface area (Å²) in [5, 5.41) is 8.06. The van der Waals surface area contributed by atoms with Crippen LogP contribution in [0.5, 0.6) is 0 Å². The van der Waals surface area contributed by atoms with Gasteiger partial charge in [-0.1, -0.05) is 18.2 Å². The van der Waals surface area contributed by atoms with Gasteiger partial charge in [0.25, 0.3) is 0 Å². The van der Waals surface area contributed by atoms with Crippen LogP contribution in [0.15, 0.2) is 35.5 Å². The summed E-state index contributed by atoms with van der Waals surface area (Å²) in [5.41, 5.74) is 2.50. The molecule has 31 heavy (non-hydrogen) atoms. The first-order valence-electron chi connectivity index (χ1n) is 11.1. The Morgan fingerprint density at radius 3 is 2.87 bits per heavy atom. The summed E-state index contributed by atoms with van der Waals surface area (Å²) >= 11 is 0. The fraction of sp³-hybridized carbons (Fsp3) is 0.565. The van der Waals surface area contributed by atoms with Gasteiger partial charge in [0.15, 0.2) is 5.96 Å². The molecule has 1 fully saturated rings. The summed E-state index contributed by atoms with van der Waals surface area (Å²) < 4.78 is 0. The minimum absolute atomic E-state index is 0. The summed E-state index contributed by atoms with van der Waals surface area (Å²) in [6.45, 7) is 6.43. The predicted molar refractivity (Wildman–Crippen MR) is 139 cm³/mol. The molecule has 2 aromatic rings. The van der Waals surface area contributed by atoms with E-state index in [-0.39, 0.29) is 35.9 Å². The van der Waals surface area contributed by atoms with E-state index in [0.717, 1.165) is 64.4 Å². The van der Waals surface area contributed by atoms with Crippen LogP contribution in [-0.4, -0.2) is 79.5 Å². The maximum atomic E-state index is 12.3. The second-order valence-electron chi connectivity index (χ2n) is 8.08. The summed E-state index contributed by atoms with van der Waals surface area (Å²) in [5.74, 6) is 1.09. The van der Waals surface area contributed by atoms with E-state index in [1.54, 1.807) is 4.90 Å². The average molecular weight is 540 g/mol. The molecular formula is C23H37IN6O. The molecule has 1 aliphatic heterocycles. The Balaban J connectivity index is 0.00000341. The molecule has 2 heterocycles. The molecule has 0 spiro atoms. The molecule has 3 rings (SSSR count). The molecular weight excluding hydrogens is 503 g/mol. The average Bonchev–Trinajstić information content (AvgIpc) is 3.37. The Morgan fingerprint density at radius 2 is 2.10 bits per heavy atom. The molecule has 0 radical (unpaired) electrons. The van der Waals surface area contributed by atoms with Gasteiger partial charge in [0, 0.05) is 57.4 Å². The number of H-pyrrole nitrogens is 1. The minimum atomic E-state index is 0. The van der Waals surface area contributed by atoms with Gasteiger partial charge in [-0.15, -0.1) is 24.0 Å². The van der Waals surface area contributed by atoms with Crippen LogP contribution in [0.3, 0.4) is 0 Å². The van der Waals surface area contributed by atoms with Crippen LogP contribution in [0, 0.1) is 0 Å². The molecule has 8 heteroatoms. The zero-order valence-electron chi connectivity index (χ0n) is 19.0. The zero-order chi connectivity index (χ0) is 21.3. The van der Waals surface area contributed by atoms with Crippen molar-refractivity contribution in [2.75, 3.05) is 46.8 Å². The van der Waals surface area contributed by atoms with Crippen LogP contribution in [0.1, 0.15) is 31.7 Å². The van der Waals surface area contributed by atoms with E-state index in [1.807, 2.05) is 14.1 Å². The summed E-state index contributed by atoms with van der Waals surface area (Å²) in [4.78, 5) is 24.4. The Kier molecular flexibility index (Phi) is 10.6. The Morgan fingerprint density at radius 1 is 1.29 bits per heavy atom. The number of nitrogens with zero attached hydrogens (tertiary/aromatic N) is 3. The van der Waals surface area contributed by atoms with Crippen molar-refractivity contribution in [3.8, 4) is 0 Å². The Hall–Kier alpha value is -1.81. The molecule has 0 bridgehead atoms. The quantitative estimate of drug-likeness (QED) is 0.198. The number of aromatic nitrogens is 1. The number of carbonyl (C=O) groups excluding carboxylic acids is 1. The van der Waals surface area contributed by atoms with E-state index in [4.69, 9.17) is 4.99 Å². The second-order valence-corrected chi connectivity index (χ2v) is 8.08. The van der Waals surface area contributed by atoms with E-state index in [1.165, 1.54) is 16.5 Å². The van der Waals surface area contributed by atoms with Crippen LogP contribution in [0.25, 0.3) is 10.9 Å². The molecule has 172 valence electrons. The first-order chi connectivity index (χ1) is 14.6. The topological polar surface area (TPSA) is 75.8 Å². The number of amides is 1. The van der Waals surface area contributed by atoms with E-state index in [2.05, 4.69) is 57.9 Å². The van der Waals surface area contributed by atoms with Crippen LogP contribution < -0.4 is 10.6 Å². The third kappa shape index (κ3) is 7.10. The maximum Gasteiger partial charge on any atom is 0.239 e. The molecule has 1 unspecified atom stereocenters. The Bertz CT molecular complexity index is 849. The van der Waals surface area contributed by atoms with Gasteiger partial charge in [-0.05, 0) is 50.8 Å². The van der Waals surface area contributed by atoms with Crippen LogP contribution in [-0.2, 0) is 11.2 Å². The fourth-order valence-electron chi connectivity index (χ4n) is 4.13. The highest BCUT2D eigenvalue weighted by Gasteiger charge is 2.30. The van der Waals surface area contributed by atoms with Crippen molar-refractivity contribution in [3.05, 3.63) is 36.0 Å². The third-order valence-corrected chi connectivity index (χ3v) is 5.67. The first-order valence-corrected chi connectivity index (χ1v) is 11.1. The number of aliphatic imine (C=N–C) groups is 1.